The van der Waals surface area contributed by atoms with E-state index in [1.807, 2.05) is 0 Å². The molecular weight excluding hydrogens is 300 g/mol. The Morgan fingerprint density at radius 1 is 1.18 bits per heavy atom. The molecule has 1 saturated heterocycles. The van der Waals surface area contributed by atoms with E-state index in [2.05, 4.69) is 20.2 Å². The van der Waals surface area contributed by atoms with Crippen LogP contribution in [0.2, 0.25) is 5.02 Å². The van der Waals surface area contributed by atoms with E-state index >= 15 is 0 Å². The zero-order chi connectivity index (χ0) is 15.4. The molecule has 0 bridgehead atoms. The van der Waals surface area contributed by atoms with Gasteiger partial charge in [0.15, 0.2) is 0 Å². The lowest BCUT2D eigenvalue weighted by molar-refractivity contribution is -0.122. The van der Waals surface area contributed by atoms with Gasteiger partial charge in [-0.15, -0.1) is 0 Å². The Hall–Kier alpha value is -1.36. The number of hydrogen-bond donors (Lipinski definition) is 1. The number of carbonyl (C=O) groups excluding carboxylic acids is 1. The molecule has 2 heterocycles. The molecule has 1 aliphatic heterocycles. The van der Waals surface area contributed by atoms with Gasteiger partial charge < -0.3 is 10.2 Å². The highest BCUT2D eigenvalue weighted by atomic mass is 35.5. The maximum absolute atomic E-state index is 12.1. The average molecular weight is 323 g/mol. The van der Waals surface area contributed by atoms with E-state index in [0.717, 1.165) is 44.7 Å². The minimum Gasteiger partial charge on any atom is -0.353 e. The van der Waals surface area contributed by atoms with Crippen LogP contribution in [-0.2, 0) is 4.79 Å². The predicted molar refractivity (Wildman–Crippen MR) is 87.0 cm³/mol. The largest absolute Gasteiger partial charge is 0.353 e. The molecule has 1 aliphatic carbocycles. The summed E-state index contributed by atoms with van der Waals surface area (Å²) in [5, 5.41) is 3.74. The fourth-order valence-electron chi connectivity index (χ4n) is 3.42. The Bertz CT molecular complexity index is 493. The molecule has 6 heteroatoms. The molecular formula is C16H23ClN4O. The highest BCUT2D eigenvalue weighted by molar-refractivity contribution is 6.30. The number of piperidine rings is 1. The quantitative estimate of drug-likeness (QED) is 0.926. The summed E-state index contributed by atoms with van der Waals surface area (Å²) in [6, 6.07) is 0.426. The highest BCUT2D eigenvalue weighted by Crippen LogP contribution is 2.24. The summed E-state index contributed by atoms with van der Waals surface area (Å²) in [5.41, 5.74) is 0. The molecule has 2 fully saturated rings. The minimum absolute atomic E-state index is 0.230. The first-order chi connectivity index (χ1) is 10.7. The van der Waals surface area contributed by atoms with Crippen LogP contribution >= 0.6 is 11.6 Å². The van der Waals surface area contributed by atoms with Gasteiger partial charge in [0, 0.05) is 25.6 Å². The monoisotopic (exact) mass is 322 g/mol. The van der Waals surface area contributed by atoms with E-state index < -0.39 is 0 Å². The molecule has 3 rings (SSSR count). The van der Waals surface area contributed by atoms with E-state index in [1.165, 1.54) is 12.8 Å². The van der Waals surface area contributed by atoms with Crippen LogP contribution in [0.4, 0.5) is 5.95 Å². The van der Waals surface area contributed by atoms with Crippen molar-refractivity contribution in [1.82, 2.24) is 15.3 Å². The Balaban J connectivity index is 1.43. The summed E-state index contributed by atoms with van der Waals surface area (Å²) in [7, 11) is 0. The Labute approximate surface area is 136 Å². The van der Waals surface area contributed by atoms with Crippen LogP contribution in [0.3, 0.4) is 0 Å². The summed E-state index contributed by atoms with van der Waals surface area (Å²) in [6.45, 7) is 1.81. The van der Waals surface area contributed by atoms with Crippen LogP contribution in [0.1, 0.15) is 44.9 Å². The van der Waals surface area contributed by atoms with E-state index in [9.17, 15) is 4.79 Å². The molecule has 1 saturated carbocycles. The summed E-state index contributed by atoms with van der Waals surface area (Å²) in [4.78, 5) is 22.8. The average Bonchev–Trinajstić information content (AvgIpc) is 3.02. The summed E-state index contributed by atoms with van der Waals surface area (Å²) >= 11 is 5.81. The van der Waals surface area contributed by atoms with Gasteiger partial charge in [0.2, 0.25) is 11.9 Å². The van der Waals surface area contributed by atoms with Crippen molar-refractivity contribution in [2.24, 2.45) is 5.92 Å². The van der Waals surface area contributed by atoms with Gasteiger partial charge in [-0.3, -0.25) is 4.79 Å². The molecule has 0 spiro atoms. The lowest BCUT2D eigenvalue weighted by Gasteiger charge is -2.31. The van der Waals surface area contributed by atoms with Gasteiger partial charge in [-0.25, -0.2) is 9.97 Å². The number of rotatable bonds is 4. The second-order valence-electron chi connectivity index (χ2n) is 6.38. The summed E-state index contributed by atoms with van der Waals surface area (Å²) < 4.78 is 0. The van der Waals surface area contributed by atoms with Crippen molar-refractivity contribution in [2.45, 2.75) is 51.0 Å². The molecule has 22 heavy (non-hydrogen) atoms. The van der Waals surface area contributed by atoms with Crippen molar-refractivity contribution in [3.63, 3.8) is 0 Å². The number of aromatic nitrogens is 2. The van der Waals surface area contributed by atoms with Gasteiger partial charge in [-0.1, -0.05) is 24.4 Å². The maximum atomic E-state index is 12.1. The highest BCUT2D eigenvalue weighted by Gasteiger charge is 2.24. The number of nitrogens with zero attached hydrogens (tertiary/aromatic N) is 3. The number of halogens is 1. The maximum Gasteiger partial charge on any atom is 0.225 e. The molecule has 2 aliphatic rings. The zero-order valence-corrected chi connectivity index (χ0v) is 13.6. The number of carbonyl (C=O) groups is 1. The van der Waals surface area contributed by atoms with Crippen LogP contribution in [0.25, 0.3) is 0 Å². The fraction of sp³-hybridized carbons (Fsp3) is 0.688. The van der Waals surface area contributed by atoms with Crippen molar-refractivity contribution in [3.05, 3.63) is 17.4 Å². The second kappa shape index (κ2) is 7.27. The second-order valence-corrected chi connectivity index (χ2v) is 6.82. The van der Waals surface area contributed by atoms with Crippen molar-refractivity contribution in [2.75, 3.05) is 18.0 Å². The SMILES string of the molecule is O=C(CC1CCN(c2ncc(Cl)cn2)CC1)NC1CCCC1. The van der Waals surface area contributed by atoms with Gasteiger partial charge in [-0.05, 0) is 31.6 Å². The van der Waals surface area contributed by atoms with Crippen LogP contribution in [-0.4, -0.2) is 35.0 Å². The van der Waals surface area contributed by atoms with Crippen LogP contribution < -0.4 is 10.2 Å². The van der Waals surface area contributed by atoms with Crippen LogP contribution in [0.15, 0.2) is 12.4 Å². The third-order valence-corrected chi connectivity index (χ3v) is 4.89. The van der Waals surface area contributed by atoms with E-state index in [0.29, 0.717) is 23.4 Å². The number of anilines is 1. The topological polar surface area (TPSA) is 58.1 Å². The third-order valence-electron chi connectivity index (χ3n) is 4.70. The van der Waals surface area contributed by atoms with Gasteiger partial charge in [-0.2, -0.15) is 0 Å². The van der Waals surface area contributed by atoms with Crippen LogP contribution in [0, 0.1) is 5.92 Å². The van der Waals surface area contributed by atoms with Crippen molar-refractivity contribution in [1.29, 1.82) is 0 Å². The summed E-state index contributed by atoms with van der Waals surface area (Å²) in [5.74, 6) is 1.44. The fourth-order valence-corrected chi connectivity index (χ4v) is 3.52. The van der Waals surface area contributed by atoms with E-state index in [-0.39, 0.29) is 5.91 Å². The first-order valence-corrected chi connectivity index (χ1v) is 8.60. The Kier molecular flexibility index (Phi) is 5.13. The van der Waals surface area contributed by atoms with Crippen molar-refractivity contribution < 1.29 is 4.79 Å². The van der Waals surface area contributed by atoms with Gasteiger partial charge in [0.05, 0.1) is 17.4 Å². The normalized spacial score (nSPS) is 20.3. The number of hydrogen-bond acceptors (Lipinski definition) is 4. The molecule has 1 amide bonds. The number of nitrogens with one attached hydrogen (secondary N) is 1. The van der Waals surface area contributed by atoms with Crippen molar-refractivity contribution in [3.8, 4) is 0 Å². The Morgan fingerprint density at radius 3 is 2.45 bits per heavy atom. The van der Waals surface area contributed by atoms with E-state index in [4.69, 9.17) is 11.6 Å². The first kappa shape index (κ1) is 15.5. The molecule has 1 N–H and O–H groups in total. The lowest BCUT2D eigenvalue weighted by Crippen LogP contribution is -2.38. The van der Waals surface area contributed by atoms with Gasteiger partial charge in [0.1, 0.15) is 0 Å². The minimum atomic E-state index is 0.230. The summed E-state index contributed by atoms with van der Waals surface area (Å²) in [6.07, 6.45) is 10.8. The molecule has 0 aromatic carbocycles. The lowest BCUT2D eigenvalue weighted by atomic mass is 9.93. The van der Waals surface area contributed by atoms with Gasteiger partial charge in [0.25, 0.3) is 0 Å². The standard InChI is InChI=1S/C16H23ClN4O/c17-13-10-18-16(19-11-13)21-7-5-12(6-8-21)9-15(22)20-14-3-1-2-4-14/h10-12,14H,1-9H2,(H,20,22). The molecule has 1 aromatic heterocycles. The van der Waals surface area contributed by atoms with E-state index in [1.54, 1.807) is 12.4 Å². The molecule has 0 unspecified atom stereocenters. The van der Waals surface area contributed by atoms with Crippen molar-refractivity contribution >= 4 is 23.5 Å². The number of amides is 1. The molecule has 5 nitrogen and oxygen atoms in total. The van der Waals surface area contributed by atoms with Crippen LogP contribution in [0.5, 0.6) is 0 Å². The third kappa shape index (κ3) is 4.09. The molecule has 120 valence electrons. The zero-order valence-electron chi connectivity index (χ0n) is 12.8. The molecule has 1 aromatic rings. The molecule has 0 radical (unpaired) electrons. The Morgan fingerprint density at radius 2 is 1.82 bits per heavy atom. The van der Waals surface area contributed by atoms with Gasteiger partial charge >= 0.3 is 0 Å². The molecule has 0 atom stereocenters. The smallest absolute Gasteiger partial charge is 0.225 e. The first-order valence-electron chi connectivity index (χ1n) is 8.22. The predicted octanol–water partition coefficient (Wildman–Crippen LogP) is 2.80.